The number of benzene rings is 1. The largest absolute Gasteiger partial charge is 0.469 e. The van der Waals surface area contributed by atoms with Gasteiger partial charge in [0.2, 0.25) is 0 Å². The third kappa shape index (κ3) is 2.71. The summed E-state index contributed by atoms with van der Waals surface area (Å²) < 4.78 is 18.8. The molecule has 2 rings (SSSR count). The van der Waals surface area contributed by atoms with Crippen molar-refractivity contribution in [3.8, 4) is 0 Å². The highest BCUT2D eigenvalue weighted by molar-refractivity contribution is 5.93. The average Bonchev–Trinajstić information content (AvgIpc) is 2.38. The third-order valence-corrected chi connectivity index (χ3v) is 3.09. The Kier molecular flexibility index (Phi) is 3.88. The van der Waals surface area contributed by atoms with Gasteiger partial charge in [0.15, 0.2) is 0 Å². The molecule has 0 aliphatic carbocycles. The van der Waals surface area contributed by atoms with Crippen molar-refractivity contribution in [3.05, 3.63) is 35.3 Å². The van der Waals surface area contributed by atoms with Crippen LogP contribution in [-0.4, -0.2) is 32.2 Å². The highest BCUT2D eigenvalue weighted by Gasteiger charge is 2.13. The fourth-order valence-electron chi connectivity index (χ4n) is 2.16. The number of pyridine rings is 1. The Morgan fingerprint density at radius 3 is 2.65 bits per heavy atom. The van der Waals surface area contributed by atoms with Gasteiger partial charge in [-0.3, -0.25) is 4.79 Å². The van der Waals surface area contributed by atoms with Crippen molar-refractivity contribution in [2.75, 3.05) is 26.1 Å². The van der Waals surface area contributed by atoms with E-state index in [0.29, 0.717) is 16.5 Å². The summed E-state index contributed by atoms with van der Waals surface area (Å²) in [7, 11) is 5.09. The molecule has 0 radical (unpaired) electrons. The van der Waals surface area contributed by atoms with Crippen LogP contribution in [0.3, 0.4) is 0 Å². The van der Waals surface area contributed by atoms with E-state index in [9.17, 15) is 9.18 Å². The van der Waals surface area contributed by atoms with Gasteiger partial charge in [0.25, 0.3) is 0 Å². The zero-order valence-electron chi connectivity index (χ0n) is 12.0. The first-order valence-corrected chi connectivity index (χ1v) is 6.26. The minimum absolute atomic E-state index is 0.0457. The van der Waals surface area contributed by atoms with E-state index in [1.165, 1.54) is 13.2 Å². The van der Waals surface area contributed by atoms with Gasteiger partial charge < -0.3 is 9.64 Å². The molecule has 0 N–H and O–H groups in total. The first-order valence-electron chi connectivity index (χ1n) is 6.26. The van der Waals surface area contributed by atoms with Crippen LogP contribution in [0.5, 0.6) is 0 Å². The SMILES string of the molecule is COC(=O)Cc1cc(F)c2nc(C)cc(N(C)C)c2c1. The van der Waals surface area contributed by atoms with Gasteiger partial charge >= 0.3 is 5.97 Å². The number of carbonyl (C=O) groups excluding carboxylic acids is 1. The summed E-state index contributed by atoms with van der Waals surface area (Å²) in [6.45, 7) is 1.83. The van der Waals surface area contributed by atoms with Gasteiger partial charge in [-0.25, -0.2) is 9.37 Å². The number of esters is 1. The zero-order chi connectivity index (χ0) is 14.9. The molecular formula is C15H17FN2O2. The molecule has 0 saturated carbocycles. The van der Waals surface area contributed by atoms with E-state index in [0.717, 1.165) is 11.4 Å². The number of hydrogen-bond donors (Lipinski definition) is 0. The van der Waals surface area contributed by atoms with Crippen LogP contribution in [0.2, 0.25) is 0 Å². The second-order valence-corrected chi connectivity index (χ2v) is 4.90. The highest BCUT2D eigenvalue weighted by atomic mass is 19.1. The molecule has 1 aromatic heterocycles. The standard InChI is InChI=1S/C15H17FN2O2/c1-9-5-13(18(2)3)11-6-10(8-14(19)20-4)7-12(16)15(11)17-9/h5-7H,8H2,1-4H3. The summed E-state index contributed by atoms with van der Waals surface area (Å²) in [5, 5.41) is 0.694. The van der Waals surface area contributed by atoms with E-state index in [4.69, 9.17) is 0 Å². The number of ether oxygens (including phenoxy) is 1. The number of halogens is 1. The molecule has 0 spiro atoms. The average molecular weight is 276 g/mol. The van der Waals surface area contributed by atoms with Gasteiger partial charge in [0, 0.05) is 30.9 Å². The Hall–Kier alpha value is -2.17. The lowest BCUT2D eigenvalue weighted by atomic mass is 10.1. The first kappa shape index (κ1) is 14.2. The number of hydrogen-bond acceptors (Lipinski definition) is 4. The van der Waals surface area contributed by atoms with Gasteiger partial charge in [0.05, 0.1) is 13.5 Å². The summed E-state index contributed by atoms with van der Waals surface area (Å²) in [4.78, 5) is 17.5. The van der Waals surface area contributed by atoms with E-state index in [-0.39, 0.29) is 6.42 Å². The minimum Gasteiger partial charge on any atom is -0.469 e. The second kappa shape index (κ2) is 5.45. The van der Waals surface area contributed by atoms with Gasteiger partial charge in [-0.1, -0.05) is 0 Å². The molecule has 1 heterocycles. The molecule has 0 atom stereocenters. The van der Waals surface area contributed by atoms with Crippen molar-refractivity contribution >= 4 is 22.6 Å². The fourth-order valence-corrected chi connectivity index (χ4v) is 2.16. The molecule has 0 unspecified atom stereocenters. The molecule has 0 saturated heterocycles. The number of carbonyl (C=O) groups is 1. The van der Waals surface area contributed by atoms with Gasteiger partial charge in [-0.05, 0) is 30.7 Å². The molecule has 5 heteroatoms. The van der Waals surface area contributed by atoms with Crippen molar-refractivity contribution in [1.82, 2.24) is 4.98 Å². The zero-order valence-corrected chi connectivity index (χ0v) is 12.0. The molecule has 0 amide bonds. The van der Waals surface area contributed by atoms with Crippen molar-refractivity contribution in [2.24, 2.45) is 0 Å². The first-order chi connectivity index (χ1) is 9.42. The lowest BCUT2D eigenvalue weighted by Gasteiger charge is -2.17. The summed E-state index contributed by atoms with van der Waals surface area (Å²) in [6, 6.07) is 5.02. The van der Waals surface area contributed by atoms with Crippen LogP contribution in [0.1, 0.15) is 11.3 Å². The Balaban J connectivity index is 2.65. The number of rotatable bonds is 3. The van der Waals surface area contributed by atoms with Crippen LogP contribution < -0.4 is 4.90 Å². The van der Waals surface area contributed by atoms with Gasteiger partial charge in [-0.15, -0.1) is 0 Å². The molecule has 0 bridgehead atoms. The molecule has 0 fully saturated rings. The van der Waals surface area contributed by atoms with E-state index in [1.807, 2.05) is 32.0 Å². The minimum atomic E-state index is -0.423. The Morgan fingerprint density at radius 1 is 1.35 bits per heavy atom. The predicted octanol–water partition coefficient (Wildman–Crippen LogP) is 2.46. The summed E-state index contributed by atoms with van der Waals surface area (Å²) in [5.74, 6) is -0.816. The third-order valence-electron chi connectivity index (χ3n) is 3.09. The Labute approximate surface area is 117 Å². The van der Waals surface area contributed by atoms with Crippen LogP contribution in [-0.2, 0) is 16.0 Å². The molecular weight excluding hydrogens is 259 g/mol. The van der Waals surface area contributed by atoms with Crippen LogP contribution in [0.25, 0.3) is 10.9 Å². The lowest BCUT2D eigenvalue weighted by Crippen LogP contribution is -2.11. The topological polar surface area (TPSA) is 42.4 Å². The number of aryl methyl sites for hydroxylation is 1. The van der Waals surface area contributed by atoms with Crippen molar-refractivity contribution < 1.29 is 13.9 Å². The van der Waals surface area contributed by atoms with Crippen LogP contribution in [0, 0.1) is 12.7 Å². The monoisotopic (exact) mass is 276 g/mol. The molecule has 106 valence electrons. The molecule has 2 aromatic rings. The molecule has 0 aliphatic heterocycles. The quantitative estimate of drug-likeness (QED) is 0.808. The van der Waals surface area contributed by atoms with E-state index < -0.39 is 11.8 Å². The molecule has 20 heavy (non-hydrogen) atoms. The maximum atomic E-state index is 14.2. The van der Waals surface area contributed by atoms with E-state index in [1.54, 1.807) is 6.07 Å². The van der Waals surface area contributed by atoms with E-state index in [2.05, 4.69) is 9.72 Å². The van der Waals surface area contributed by atoms with Crippen molar-refractivity contribution in [1.29, 1.82) is 0 Å². The Morgan fingerprint density at radius 2 is 2.05 bits per heavy atom. The predicted molar refractivity (Wildman–Crippen MR) is 76.5 cm³/mol. The summed E-state index contributed by atoms with van der Waals surface area (Å²) in [6.07, 6.45) is 0.0457. The van der Waals surface area contributed by atoms with Crippen LogP contribution in [0.4, 0.5) is 10.1 Å². The number of nitrogens with zero attached hydrogens (tertiary/aromatic N) is 2. The molecule has 1 aromatic carbocycles. The summed E-state index contributed by atoms with van der Waals surface area (Å²) >= 11 is 0. The summed E-state index contributed by atoms with van der Waals surface area (Å²) in [5.41, 5.74) is 2.52. The van der Waals surface area contributed by atoms with E-state index >= 15 is 0 Å². The fraction of sp³-hybridized carbons (Fsp3) is 0.333. The highest BCUT2D eigenvalue weighted by Crippen LogP contribution is 2.28. The smallest absolute Gasteiger partial charge is 0.309 e. The maximum absolute atomic E-state index is 14.2. The van der Waals surface area contributed by atoms with Crippen LogP contribution in [0.15, 0.2) is 18.2 Å². The van der Waals surface area contributed by atoms with Crippen LogP contribution >= 0.6 is 0 Å². The van der Waals surface area contributed by atoms with Crippen molar-refractivity contribution in [3.63, 3.8) is 0 Å². The number of anilines is 1. The number of aromatic nitrogens is 1. The normalized spacial score (nSPS) is 10.7. The molecule has 4 nitrogen and oxygen atoms in total. The number of fused-ring (bicyclic) bond motifs is 1. The van der Waals surface area contributed by atoms with Crippen molar-refractivity contribution in [2.45, 2.75) is 13.3 Å². The Bertz CT molecular complexity index is 668. The van der Waals surface area contributed by atoms with Gasteiger partial charge in [0.1, 0.15) is 11.3 Å². The number of methoxy groups -OCH3 is 1. The van der Waals surface area contributed by atoms with Gasteiger partial charge in [-0.2, -0.15) is 0 Å². The second-order valence-electron chi connectivity index (χ2n) is 4.90. The molecule has 0 aliphatic rings. The maximum Gasteiger partial charge on any atom is 0.309 e. The lowest BCUT2D eigenvalue weighted by molar-refractivity contribution is -0.139.